The van der Waals surface area contributed by atoms with Crippen molar-refractivity contribution in [1.82, 2.24) is 15.1 Å². The van der Waals surface area contributed by atoms with Gasteiger partial charge in [0.05, 0.1) is 5.88 Å². The summed E-state index contributed by atoms with van der Waals surface area (Å²) in [5.41, 5.74) is 1.71. The number of thioether (sulfide) groups is 1. The molecule has 4 rings (SSSR count). The van der Waals surface area contributed by atoms with E-state index in [1.54, 1.807) is 64.0 Å². The number of nitrogens with zero attached hydrogens (tertiary/aromatic N) is 2. The molecule has 0 aliphatic carbocycles. The number of piperazine rings is 1. The van der Waals surface area contributed by atoms with Crippen molar-refractivity contribution in [2.24, 2.45) is 0 Å². The second-order valence-corrected chi connectivity index (χ2v) is 8.04. The molecule has 2 heterocycles. The van der Waals surface area contributed by atoms with Gasteiger partial charge in [0.15, 0.2) is 0 Å². The first-order valence-corrected chi connectivity index (χ1v) is 10.4. The highest BCUT2D eigenvalue weighted by atomic mass is 32.2. The zero-order valence-corrected chi connectivity index (χ0v) is 16.5. The summed E-state index contributed by atoms with van der Waals surface area (Å²) in [6, 6.07) is 12.8. The van der Waals surface area contributed by atoms with Crippen LogP contribution in [0, 0.1) is 5.82 Å². The first-order chi connectivity index (χ1) is 14.0. The van der Waals surface area contributed by atoms with Crippen molar-refractivity contribution in [2.75, 3.05) is 18.2 Å². The summed E-state index contributed by atoms with van der Waals surface area (Å²) < 4.78 is 13.6. The summed E-state index contributed by atoms with van der Waals surface area (Å²) in [5.74, 6) is 0.512. The fourth-order valence-corrected chi connectivity index (χ4v) is 4.64. The fourth-order valence-electron chi connectivity index (χ4n) is 3.47. The average molecular weight is 413 g/mol. The van der Waals surface area contributed by atoms with Crippen molar-refractivity contribution in [2.45, 2.75) is 19.1 Å². The lowest BCUT2D eigenvalue weighted by Crippen LogP contribution is -2.57. The van der Waals surface area contributed by atoms with Gasteiger partial charge >= 0.3 is 0 Å². The SMILES string of the molecule is O=C(NCc1ccccc1F)c1ccc(CN2CC(=O)N3CSC[C@H]3C2=O)cc1. The van der Waals surface area contributed by atoms with E-state index in [4.69, 9.17) is 0 Å². The molecular formula is C21H20FN3O3S. The van der Waals surface area contributed by atoms with Gasteiger partial charge in [-0.25, -0.2) is 4.39 Å². The van der Waals surface area contributed by atoms with E-state index in [0.717, 1.165) is 5.56 Å². The number of nitrogens with one attached hydrogen (secondary N) is 1. The zero-order chi connectivity index (χ0) is 20.4. The molecule has 8 heteroatoms. The molecule has 2 aliphatic heterocycles. The summed E-state index contributed by atoms with van der Waals surface area (Å²) in [6.45, 7) is 0.519. The monoisotopic (exact) mass is 413 g/mol. The molecule has 0 bridgehead atoms. The molecule has 1 atom stereocenters. The van der Waals surface area contributed by atoms with Crippen LogP contribution in [0.1, 0.15) is 21.5 Å². The van der Waals surface area contributed by atoms with E-state index >= 15 is 0 Å². The van der Waals surface area contributed by atoms with Gasteiger partial charge in [-0.2, -0.15) is 0 Å². The van der Waals surface area contributed by atoms with Crippen molar-refractivity contribution >= 4 is 29.5 Å². The van der Waals surface area contributed by atoms with Gasteiger partial charge in [-0.3, -0.25) is 14.4 Å². The van der Waals surface area contributed by atoms with Crippen molar-refractivity contribution in [3.63, 3.8) is 0 Å². The molecule has 6 nitrogen and oxygen atoms in total. The average Bonchev–Trinajstić information content (AvgIpc) is 3.22. The molecule has 2 aromatic carbocycles. The minimum atomic E-state index is -0.358. The molecule has 2 saturated heterocycles. The van der Waals surface area contributed by atoms with Gasteiger partial charge in [-0.15, -0.1) is 11.8 Å². The molecule has 2 aromatic rings. The summed E-state index contributed by atoms with van der Waals surface area (Å²) in [4.78, 5) is 40.3. The topological polar surface area (TPSA) is 69.7 Å². The second kappa shape index (κ2) is 8.24. The van der Waals surface area contributed by atoms with Crippen molar-refractivity contribution in [3.05, 3.63) is 71.0 Å². The van der Waals surface area contributed by atoms with Crippen LogP contribution in [0.15, 0.2) is 48.5 Å². The van der Waals surface area contributed by atoms with Gasteiger partial charge in [-0.05, 0) is 23.8 Å². The molecular weight excluding hydrogens is 393 g/mol. The minimum absolute atomic E-state index is 0.0243. The highest BCUT2D eigenvalue weighted by Gasteiger charge is 2.42. The van der Waals surface area contributed by atoms with Crippen LogP contribution in [0.3, 0.4) is 0 Å². The molecule has 0 radical (unpaired) electrons. The standard InChI is InChI=1S/C21H20FN3O3S/c22-17-4-2-1-3-16(17)9-23-20(27)15-7-5-14(6-8-15)10-24-11-19(26)25-13-29-12-18(25)21(24)28/h1-8,18H,9-13H2,(H,23,27)/t18-/m0/s1. The first kappa shape index (κ1) is 19.4. The lowest BCUT2D eigenvalue weighted by atomic mass is 10.1. The van der Waals surface area contributed by atoms with Gasteiger partial charge in [-0.1, -0.05) is 30.3 Å². The Morgan fingerprint density at radius 3 is 2.66 bits per heavy atom. The quantitative estimate of drug-likeness (QED) is 0.814. The Morgan fingerprint density at radius 1 is 1.14 bits per heavy atom. The minimum Gasteiger partial charge on any atom is -0.348 e. The van der Waals surface area contributed by atoms with E-state index in [9.17, 15) is 18.8 Å². The molecule has 0 unspecified atom stereocenters. The van der Waals surface area contributed by atoms with E-state index < -0.39 is 0 Å². The second-order valence-electron chi connectivity index (χ2n) is 7.04. The van der Waals surface area contributed by atoms with Crippen molar-refractivity contribution in [3.8, 4) is 0 Å². The maximum Gasteiger partial charge on any atom is 0.251 e. The number of rotatable bonds is 5. The largest absolute Gasteiger partial charge is 0.348 e. The van der Waals surface area contributed by atoms with E-state index in [1.165, 1.54) is 6.07 Å². The van der Waals surface area contributed by atoms with Crippen LogP contribution in [0.25, 0.3) is 0 Å². The molecule has 3 amide bonds. The van der Waals surface area contributed by atoms with Gasteiger partial charge < -0.3 is 15.1 Å². The summed E-state index contributed by atoms with van der Waals surface area (Å²) in [6.07, 6.45) is 0. The van der Waals surface area contributed by atoms with E-state index in [0.29, 0.717) is 29.3 Å². The number of halogens is 1. The Balaban J connectivity index is 1.36. The lowest BCUT2D eigenvalue weighted by molar-refractivity contribution is -0.153. The van der Waals surface area contributed by atoms with Crippen LogP contribution < -0.4 is 5.32 Å². The maximum absolute atomic E-state index is 13.6. The lowest BCUT2D eigenvalue weighted by Gasteiger charge is -2.35. The molecule has 0 aromatic heterocycles. The van der Waals surface area contributed by atoms with E-state index in [1.807, 2.05) is 0 Å². The number of benzene rings is 2. The first-order valence-electron chi connectivity index (χ1n) is 9.29. The van der Waals surface area contributed by atoms with Crippen LogP contribution in [-0.2, 0) is 22.7 Å². The number of carbonyl (C=O) groups excluding carboxylic acids is 3. The number of hydrogen-bond donors (Lipinski definition) is 1. The summed E-state index contributed by atoms with van der Waals surface area (Å²) >= 11 is 1.59. The predicted molar refractivity (Wildman–Crippen MR) is 107 cm³/mol. The van der Waals surface area contributed by atoms with E-state index in [2.05, 4.69) is 5.32 Å². The van der Waals surface area contributed by atoms with Crippen molar-refractivity contribution < 1.29 is 18.8 Å². The third-order valence-corrected chi connectivity index (χ3v) is 6.12. The highest BCUT2D eigenvalue weighted by Crippen LogP contribution is 2.26. The third kappa shape index (κ3) is 4.12. The van der Waals surface area contributed by atoms with Crippen LogP contribution >= 0.6 is 11.8 Å². The third-order valence-electron chi connectivity index (χ3n) is 5.11. The smallest absolute Gasteiger partial charge is 0.251 e. The molecule has 0 spiro atoms. The normalized spacial score (nSPS) is 18.7. The van der Waals surface area contributed by atoms with Gasteiger partial charge in [0, 0.05) is 30.0 Å². The van der Waals surface area contributed by atoms with Crippen LogP contribution in [0.2, 0.25) is 0 Å². The summed E-state index contributed by atoms with van der Waals surface area (Å²) in [5, 5.41) is 2.70. The molecule has 2 fully saturated rings. The van der Waals surface area contributed by atoms with Crippen LogP contribution in [-0.4, -0.2) is 51.7 Å². The number of fused-ring (bicyclic) bond motifs is 1. The van der Waals surface area contributed by atoms with Gasteiger partial charge in [0.25, 0.3) is 5.91 Å². The summed E-state index contributed by atoms with van der Waals surface area (Å²) in [7, 11) is 0. The Labute approximate surface area is 172 Å². The van der Waals surface area contributed by atoms with E-state index in [-0.39, 0.29) is 42.7 Å². The number of amides is 3. The van der Waals surface area contributed by atoms with Crippen LogP contribution in [0.4, 0.5) is 4.39 Å². The van der Waals surface area contributed by atoms with Crippen LogP contribution in [0.5, 0.6) is 0 Å². The Hall–Kier alpha value is -2.87. The molecule has 29 heavy (non-hydrogen) atoms. The molecule has 0 saturated carbocycles. The van der Waals surface area contributed by atoms with Gasteiger partial charge in [0.2, 0.25) is 11.8 Å². The maximum atomic E-state index is 13.6. The number of carbonyl (C=O) groups is 3. The molecule has 2 aliphatic rings. The highest BCUT2D eigenvalue weighted by molar-refractivity contribution is 7.99. The Bertz CT molecular complexity index is 950. The fraction of sp³-hybridized carbons (Fsp3) is 0.286. The Morgan fingerprint density at radius 2 is 1.90 bits per heavy atom. The zero-order valence-electron chi connectivity index (χ0n) is 15.6. The molecule has 150 valence electrons. The Kier molecular flexibility index (Phi) is 5.53. The van der Waals surface area contributed by atoms with Crippen molar-refractivity contribution in [1.29, 1.82) is 0 Å². The number of hydrogen-bond acceptors (Lipinski definition) is 4. The predicted octanol–water partition coefficient (Wildman–Crippen LogP) is 2.00. The van der Waals surface area contributed by atoms with Gasteiger partial charge in [0.1, 0.15) is 18.4 Å². The molecule has 1 N–H and O–H groups in total.